The minimum absolute atomic E-state index is 0.139. The first-order chi connectivity index (χ1) is 8.18. The topological polar surface area (TPSA) is 68.2 Å². The molecule has 1 aliphatic rings. The summed E-state index contributed by atoms with van der Waals surface area (Å²) in [5.74, 6) is -0.344. The van der Waals surface area contributed by atoms with Gasteiger partial charge in [-0.3, -0.25) is 0 Å². The molecule has 2 heterocycles. The first-order valence-electron chi connectivity index (χ1n) is 6.24. The Balaban J connectivity index is 1.95. The van der Waals surface area contributed by atoms with Crippen molar-refractivity contribution in [2.45, 2.75) is 45.7 Å². The molecule has 0 atom stereocenters. The van der Waals surface area contributed by atoms with Gasteiger partial charge in [-0.1, -0.05) is 11.1 Å². The zero-order valence-corrected chi connectivity index (χ0v) is 10.5. The lowest BCUT2D eigenvalue weighted by molar-refractivity contribution is -0.785. The summed E-state index contributed by atoms with van der Waals surface area (Å²) in [5.41, 5.74) is 3.86. The highest BCUT2D eigenvalue weighted by molar-refractivity contribution is 5.02. The number of aromatic nitrogens is 2. The van der Waals surface area contributed by atoms with Gasteiger partial charge in [0, 0.05) is 13.1 Å². The van der Waals surface area contributed by atoms with Crippen LogP contribution in [0.5, 0.6) is 5.95 Å². The molecule has 1 aliphatic heterocycles. The Hall–Kier alpha value is -1.14. The number of nitrogens with zero attached hydrogens (tertiary/aromatic N) is 3. The molecule has 6 nitrogen and oxygen atoms in total. The molecule has 2 rings (SSSR count). The van der Waals surface area contributed by atoms with E-state index in [1.165, 1.54) is 19.3 Å². The molecule has 1 aromatic heterocycles. The fraction of sp³-hybridized carbons (Fsp3) is 0.818. The zero-order valence-electron chi connectivity index (χ0n) is 10.5. The number of nitrogens with one attached hydrogen (secondary N) is 1. The smallest absolute Gasteiger partial charge is 0.248 e. The van der Waals surface area contributed by atoms with Crippen molar-refractivity contribution < 1.29 is 14.3 Å². The van der Waals surface area contributed by atoms with Crippen LogP contribution in [0.4, 0.5) is 0 Å². The molecule has 0 aromatic carbocycles. The second-order valence-corrected chi connectivity index (χ2v) is 4.73. The molecule has 6 heteroatoms. The molecule has 17 heavy (non-hydrogen) atoms. The average molecular weight is 240 g/mol. The molecule has 0 aliphatic carbocycles. The summed E-state index contributed by atoms with van der Waals surface area (Å²) in [6, 6.07) is 0.139. The van der Waals surface area contributed by atoms with Gasteiger partial charge in [0.2, 0.25) is 5.69 Å². The minimum atomic E-state index is -0.344. The third-order valence-corrected chi connectivity index (χ3v) is 3.04. The molecule has 0 spiro atoms. The Kier molecular flexibility index (Phi) is 3.96. The summed E-state index contributed by atoms with van der Waals surface area (Å²) in [7, 11) is 0. The molecule has 0 unspecified atom stereocenters. The molecule has 1 aromatic rings. The normalized spacial score (nSPS) is 17.8. The third kappa shape index (κ3) is 2.95. The first-order valence-corrected chi connectivity index (χ1v) is 6.24. The van der Waals surface area contributed by atoms with Crippen LogP contribution < -0.4 is 15.2 Å². The van der Waals surface area contributed by atoms with Gasteiger partial charge in [0.15, 0.2) is 12.0 Å². The van der Waals surface area contributed by atoms with E-state index < -0.39 is 0 Å². The van der Waals surface area contributed by atoms with E-state index in [2.05, 4.69) is 15.7 Å². The van der Waals surface area contributed by atoms with Crippen molar-refractivity contribution in [2.75, 3.05) is 13.1 Å². The van der Waals surface area contributed by atoms with Crippen LogP contribution in [0.1, 0.15) is 44.8 Å². The van der Waals surface area contributed by atoms with E-state index in [1.807, 2.05) is 13.8 Å². The summed E-state index contributed by atoms with van der Waals surface area (Å²) >= 11 is 0. The number of rotatable bonds is 4. The number of hydrogen-bond acceptors (Lipinski definition) is 5. The Labute approximate surface area is 101 Å². The van der Waals surface area contributed by atoms with E-state index in [-0.39, 0.29) is 12.0 Å². The molecule has 0 bridgehead atoms. The quantitative estimate of drug-likeness (QED) is 0.756. The predicted octanol–water partition coefficient (Wildman–Crippen LogP) is 0.107. The van der Waals surface area contributed by atoms with E-state index in [9.17, 15) is 5.11 Å². The summed E-state index contributed by atoms with van der Waals surface area (Å²) in [6.07, 6.45) is 3.72. The van der Waals surface area contributed by atoms with Crippen LogP contribution in [-0.4, -0.2) is 23.4 Å². The fourth-order valence-corrected chi connectivity index (χ4v) is 2.07. The Morgan fingerprint density at radius 2 is 2.12 bits per heavy atom. The molecule has 0 saturated carbocycles. The summed E-state index contributed by atoms with van der Waals surface area (Å²) in [4.78, 5) is 0. The highest BCUT2D eigenvalue weighted by Crippen LogP contribution is 2.11. The Morgan fingerprint density at radius 3 is 2.76 bits per heavy atom. The van der Waals surface area contributed by atoms with E-state index in [1.54, 1.807) is 4.68 Å². The van der Waals surface area contributed by atoms with E-state index in [4.69, 9.17) is 4.52 Å². The van der Waals surface area contributed by atoms with E-state index >= 15 is 0 Å². The third-order valence-electron chi connectivity index (χ3n) is 3.04. The van der Waals surface area contributed by atoms with Gasteiger partial charge in [0.25, 0.3) is 0 Å². The SMILES string of the molecule is CC(C)[n+]1noc([O-])c1CNN1CCCCC1. The van der Waals surface area contributed by atoms with Gasteiger partial charge in [-0.15, -0.1) is 0 Å². The predicted molar refractivity (Wildman–Crippen MR) is 58.8 cm³/mol. The van der Waals surface area contributed by atoms with Gasteiger partial charge in [0.1, 0.15) is 0 Å². The lowest BCUT2D eigenvalue weighted by atomic mass is 10.2. The van der Waals surface area contributed by atoms with Gasteiger partial charge < -0.3 is 9.63 Å². The van der Waals surface area contributed by atoms with Crippen molar-refractivity contribution in [1.29, 1.82) is 0 Å². The maximum atomic E-state index is 11.5. The maximum Gasteiger partial charge on any atom is 0.248 e. The Morgan fingerprint density at radius 1 is 1.41 bits per heavy atom. The van der Waals surface area contributed by atoms with Crippen molar-refractivity contribution in [3.8, 4) is 5.95 Å². The highest BCUT2D eigenvalue weighted by atomic mass is 16.6. The molecule has 96 valence electrons. The van der Waals surface area contributed by atoms with Crippen molar-refractivity contribution in [3.05, 3.63) is 5.69 Å². The lowest BCUT2D eigenvalue weighted by Gasteiger charge is -2.26. The molecule has 1 N–H and O–H groups in total. The van der Waals surface area contributed by atoms with Crippen molar-refractivity contribution >= 4 is 0 Å². The van der Waals surface area contributed by atoms with Crippen LogP contribution in [0.2, 0.25) is 0 Å². The number of hydrazine groups is 1. The second kappa shape index (κ2) is 5.46. The van der Waals surface area contributed by atoms with Crippen LogP contribution in [0.15, 0.2) is 4.52 Å². The Bertz CT molecular complexity index is 358. The van der Waals surface area contributed by atoms with Crippen LogP contribution in [0.25, 0.3) is 0 Å². The van der Waals surface area contributed by atoms with Crippen LogP contribution in [-0.2, 0) is 6.54 Å². The van der Waals surface area contributed by atoms with Crippen LogP contribution >= 0.6 is 0 Å². The largest absolute Gasteiger partial charge is 0.539 e. The fourth-order valence-electron chi connectivity index (χ4n) is 2.07. The van der Waals surface area contributed by atoms with Gasteiger partial charge in [-0.25, -0.2) is 10.4 Å². The highest BCUT2D eigenvalue weighted by Gasteiger charge is 2.21. The summed E-state index contributed by atoms with van der Waals surface area (Å²) in [5, 5.41) is 17.4. The summed E-state index contributed by atoms with van der Waals surface area (Å²) in [6.45, 7) is 6.53. The average Bonchev–Trinajstić information content (AvgIpc) is 2.69. The van der Waals surface area contributed by atoms with Crippen molar-refractivity contribution in [3.63, 3.8) is 0 Å². The van der Waals surface area contributed by atoms with Gasteiger partial charge in [0.05, 0.1) is 11.8 Å². The number of hydrogen-bond donors (Lipinski definition) is 1. The second-order valence-electron chi connectivity index (χ2n) is 4.73. The van der Waals surface area contributed by atoms with Gasteiger partial charge >= 0.3 is 0 Å². The standard InChI is InChI=1S/C11H20N4O2/c1-9(2)15-10(11(16)17-13-15)8-12-14-6-4-3-5-7-14/h9,12H,3-8H2,1-2H3. The van der Waals surface area contributed by atoms with Crippen LogP contribution in [0, 0.1) is 0 Å². The van der Waals surface area contributed by atoms with Crippen molar-refractivity contribution in [2.24, 2.45) is 0 Å². The molecular formula is C11H20N4O2. The van der Waals surface area contributed by atoms with Gasteiger partial charge in [-0.2, -0.15) is 0 Å². The van der Waals surface area contributed by atoms with Crippen LogP contribution in [0.3, 0.4) is 0 Å². The van der Waals surface area contributed by atoms with Crippen molar-refractivity contribution in [1.82, 2.24) is 15.7 Å². The molecule has 1 saturated heterocycles. The lowest BCUT2D eigenvalue weighted by Crippen LogP contribution is -2.47. The zero-order chi connectivity index (χ0) is 12.3. The van der Waals surface area contributed by atoms with Gasteiger partial charge in [-0.05, 0) is 26.7 Å². The molecule has 1 fully saturated rings. The first kappa shape index (κ1) is 12.3. The maximum absolute atomic E-state index is 11.5. The molecular weight excluding hydrogens is 220 g/mol. The summed E-state index contributed by atoms with van der Waals surface area (Å²) < 4.78 is 6.33. The van der Waals surface area contributed by atoms with E-state index in [0.717, 1.165) is 13.1 Å². The molecule has 0 radical (unpaired) electrons. The molecule has 0 amide bonds. The van der Waals surface area contributed by atoms with E-state index in [0.29, 0.717) is 12.2 Å². The minimum Gasteiger partial charge on any atom is -0.539 e. The monoisotopic (exact) mass is 240 g/mol. The number of piperidine rings is 1.